The fourth-order valence-corrected chi connectivity index (χ4v) is 5.69. The maximum absolute atomic E-state index is 14.3. The second kappa shape index (κ2) is 10.6. The average Bonchev–Trinajstić information content (AvgIpc) is 3.23. The molecule has 2 aliphatic heterocycles. The molecule has 2 aliphatic rings. The van der Waals surface area contributed by atoms with E-state index in [4.69, 9.17) is 32.7 Å². The fourth-order valence-electron chi connectivity index (χ4n) is 4.91. The van der Waals surface area contributed by atoms with E-state index >= 15 is 0 Å². The number of halogens is 3. The summed E-state index contributed by atoms with van der Waals surface area (Å²) in [6.07, 6.45) is -0.760. The largest absolute Gasteiger partial charge is 0.444 e. The van der Waals surface area contributed by atoms with Crippen molar-refractivity contribution < 1.29 is 28.7 Å². The first-order chi connectivity index (χ1) is 18.4. The lowest BCUT2D eigenvalue weighted by molar-refractivity contribution is -0.141. The molecule has 2 aromatic carbocycles. The van der Waals surface area contributed by atoms with Gasteiger partial charge in [0, 0.05) is 20.9 Å². The normalized spacial score (nSPS) is 22.7. The standard InChI is InChI=1S/C28H30BrCl2N3O6/c1-26(2,3)40-25(38)33-21(15-39-27(33,4)5)22(35)34-24(37)32(20-12-18(30)11-19(31)13-20)23(36)28(34,6)14-16-7-9-17(29)10-8-16/h7-13,21H,14-15H2,1-6H3/t21?,28-/m1/s1. The molecule has 4 rings (SSSR count). The molecule has 40 heavy (non-hydrogen) atoms. The minimum Gasteiger partial charge on any atom is -0.444 e. The van der Waals surface area contributed by atoms with Crippen LogP contribution in [0, 0.1) is 0 Å². The van der Waals surface area contributed by atoms with E-state index in [0.717, 1.165) is 14.3 Å². The molecule has 9 nitrogen and oxygen atoms in total. The van der Waals surface area contributed by atoms with Crippen molar-refractivity contribution in [3.63, 3.8) is 0 Å². The van der Waals surface area contributed by atoms with E-state index in [0.29, 0.717) is 5.56 Å². The molecular weight excluding hydrogens is 625 g/mol. The summed E-state index contributed by atoms with van der Waals surface area (Å²) in [6.45, 7) is 9.70. The number of ether oxygens (including phenoxy) is 2. The number of hydrogen-bond acceptors (Lipinski definition) is 6. The summed E-state index contributed by atoms with van der Waals surface area (Å²) in [5.74, 6) is -1.42. The summed E-state index contributed by atoms with van der Waals surface area (Å²) < 4.78 is 12.2. The molecule has 2 atom stereocenters. The summed E-state index contributed by atoms with van der Waals surface area (Å²) in [4.78, 5) is 58.6. The third-order valence-electron chi connectivity index (χ3n) is 6.69. The van der Waals surface area contributed by atoms with E-state index in [1.165, 1.54) is 30.0 Å². The maximum Gasteiger partial charge on any atom is 0.413 e. The highest BCUT2D eigenvalue weighted by atomic mass is 79.9. The Kier molecular flexibility index (Phi) is 8.05. The van der Waals surface area contributed by atoms with Gasteiger partial charge in [0.15, 0.2) is 0 Å². The quantitative estimate of drug-likeness (QED) is 0.353. The van der Waals surface area contributed by atoms with Crippen molar-refractivity contribution in [2.24, 2.45) is 0 Å². The smallest absolute Gasteiger partial charge is 0.413 e. The van der Waals surface area contributed by atoms with Crippen LogP contribution in [0.2, 0.25) is 10.0 Å². The third kappa shape index (κ3) is 5.72. The van der Waals surface area contributed by atoms with Gasteiger partial charge >= 0.3 is 12.1 Å². The zero-order valence-electron chi connectivity index (χ0n) is 23.0. The van der Waals surface area contributed by atoms with Crippen LogP contribution in [0.1, 0.15) is 47.1 Å². The Morgan fingerprint density at radius 1 is 1.05 bits per heavy atom. The van der Waals surface area contributed by atoms with Crippen LogP contribution in [0.4, 0.5) is 15.3 Å². The molecule has 214 valence electrons. The van der Waals surface area contributed by atoms with Crippen molar-refractivity contribution in [2.75, 3.05) is 11.5 Å². The zero-order valence-corrected chi connectivity index (χ0v) is 26.1. The van der Waals surface area contributed by atoms with Crippen LogP contribution >= 0.6 is 39.1 Å². The van der Waals surface area contributed by atoms with Gasteiger partial charge in [-0.25, -0.2) is 19.4 Å². The van der Waals surface area contributed by atoms with Crippen LogP contribution in [0.3, 0.4) is 0 Å². The molecule has 0 N–H and O–H groups in total. The first kappa shape index (κ1) is 30.3. The highest BCUT2D eigenvalue weighted by Crippen LogP contribution is 2.39. The molecule has 0 aromatic heterocycles. The van der Waals surface area contributed by atoms with E-state index in [2.05, 4.69) is 15.9 Å². The van der Waals surface area contributed by atoms with E-state index in [1.54, 1.807) is 58.9 Å². The number of hydrogen-bond donors (Lipinski definition) is 0. The molecule has 0 saturated carbocycles. The van der Waals surface area contributed by atoms with Crippen molar-refractivity contribution in [3.8, 4) is 0 Å². The first-order valence-corrected chi connectivity index (χ1v) is 14.1. The summed E-state index contributed by atoms with van der Waals surface area (Å²) in [5.41, 5.74) is -2.87. The summed E-state index contributed by atoms with van der Waals surface area (Å²) >= 11 is 15.8. The molecule has 2 aromatic rings. The Bertz CT molecular complexity index is 1360. The molecule has 12 heteroatoms. The highest BCUT2D eigenvalue weighted by molar-refractivity contribution is 9.10. The number of nitrogens with zero attached hydrogens (tertiary/aromatic N) is 3. The van der Waals surface area contributed by atoms with Gasteiger partial charge in [0.05, 0.1) is 12.3 Å². The molecular formula is C28H30BrCl2N3O6. The molecule has 0 bridgehead atoms. The molecule has 2 heterocycles. The molecule has 2 fully saturated rings. The Hall–Kier alpha value is -2.66. The number of imide groups is 2. The van der Waals surface area contributed by atoms with Crippen LogP contribution in [-0.4, -0.2) is 63.3 Å². The number of carbonyl (C=O) groups is 4. The molecule has 5 amide bonds. The van der Waals surface area contributed by atoms with Crippen molar-refractivity contribution >= 4 is 68.8 Å². The van der Waals surface area contributed by atoms with Crippen LogP contribution < -0.4 is 4.90 Å². The number of carbonyl (C=O) groups excluding carboxylic acids is 4. The van der Waals surface area contributed by atoms with Crippen molar-refractivity contribution in [1.82, 2.24) is 9.80 Å². The minimum atomic E-state index is -1.65. The number of urea groups is 1. The Morgan fingerprint density at radius 3 is 2.17 bits per heavy atom. The second-order valence-corrected chi connectivity index (χ2v) is 13.2. The van der Waals surface area contributed by atoms with E-state index < -0.39 is 46.8 Å². The van der Waals surface area contributed by atoms with Crippen molar-refractivity contribution in [2.45, 2.75) is 70.9 Å². The molecule has 1 unspecified atom stereocenters. The lowest BCUT2D eigenvalue weighted by atomic mass is 9.90. The predicted molar refractivity (Wildman–Crippen MR) is 154 cm³/mol. The molecule has 0 aliphatic carbocycles. The van der Waals surface area contributed by atoms with Gasteiger partial charge in [-0.15, -0.1) is 0 Å². The Labute approximate surface area is 251 Å². The van der Waals surface area contributed by atoms with Crippen molar-refractivity contribution in [3.05, 3.63) is 62.5 Å². The molecule has 0 radical (unpaired) electrons. The maximum atomic E-state index is 14.3. The van der Waals surface area contributed by atoms with Gasteiger partial charge in [0.2, 0.25) is 0 Å². The van der Waals surface area contributed by atoms with E-state index in [-0.39, 0.29) is 28.8 Å². The Morgan fingerprint density at radius 2 is 1.62 bits per heavy atom. The average molecular weight is 655 g/mol. The summed E-state index contributed by atoms with van der Waals surface area (Å²) in [5, 5.41) is 0.425. The molecule has 0 spiro atoms. The minimum absolute atomic E-state index is 0.0186. The van der Waals surface area contributed by atoms with Gasteiger partial charge in [0.25, 0.3) is 11.8 Å². The van der Waals surface area contributed by atoms with E-state index in [1.807, 2.05) is 0 Å². The van der Waals surface area contributed by atoms with Gasteiger partial charge in [-0.1, -0.05) is 51.3 Å². The van der Waals surface area contributed by atoms with Gasteiger partial charge in [0.1, 0.15) is 22.9 Å². The van der Waals surface area contributed by atoms with Crippen molar-refractivity contribution in [1.29, 1.82) is 0 Å². The second-order valence-electron chi connectivity index (χ2n) is 11.4. The monoisotopic (exact) mass is 653 g/mol. The van der Waals surface area contributed by atoms with Crippen LogP contribution in [0.25, 0.3) is 0 Å². The lowest BCUT2D eigenvalue weighted by Gasteiger charge is -2.37. The SMILES string of the molecule is CC(C)(C)OC(=O)N1C(C(=O)N2C(=O)N(c3cc(Cl)cc(Cl)c3)C(=O)[C@@]2(C)Cc2ccc(Br)cc2)COC1(C)C. The Balaban J connectivity index is 1.80. The predicted octanol–water partition coefficient (Wildman–Crippen LogP) is 6.42. The number of amides is 5. The summed E-state index contributed by atoms with van der Waals surface area (Å²) in [6, 6.07) is 9.40. The van der Waals surface area contributed by atoms with Gasteiger partial charge in [-0.05, 0) is 77.4 Å². The van der Waals surface area contributed by atoms with Gasteiger partial charge in [-0.3, -0.25) is 14.5 Å². The zero-order chi connectivity index (χ0) is 29.8. The van der Waals surface area contributed by atoms with Crippen LogP contribution in [0.15, 0.2) is 46.9 Å². The van der Waals surface area contributed by atoms with Gasteiger partial charge in [-0.2, -0.15) is 0 Å². The fraction of sp³-hybridized carbons (Fsp3) is 0.429. The first-order valence-electron chi connectivity index (χ1n) is 12.5. The van der Waals surface area contributed by atoms with E-state index in [9.17, 15) is 19.2 Å². The number of rotatable bonds is 4. The highest BCUT2D eigenvalue weighted by Gasteiger charge is 2.61. The van der Waals surface area contributed by atoms with Crippen LogP contribution in [0.5, 0.6) is 0 Å². The third-order valence-corrected chi connectivity index (χ3v) is 7.65. The van der Waals surface area contributed by atoms with Gasteiger partial charge < -0.3 is 9.47 Å². The summed E-state index contributed by atoms with van der Waals surface area (Å²) in [7, 11) is 0. The lowest BCUT2D eigenvalue weighted by Crippen LogP contribution is -2.60. The molecule has 2 saturated heterocycles. The van der Waals surface area contributed by atoms with Crippen LogP contribution in [-0.2, 0) is 25.5 Å². The number of benzene rings is 2. The number of anilines is 1. The topological polar surface area (TPSA) is 96.5 Å².